The molecule has 0 atom stereocenters. The molecule has 0 aliphatic rings. The molecule has 0 N–H and O–H groups in total. The number of esters is 1. The molecule has 0 bridgehead atoms. The lowest BCUT2D eigenvalue weighted by Gasteiger charge is -1.93. The van der Waals surface area contributed by atoms with Crippen LogP contribution in [0.2, 0.25) is 0 Å². The van der Waals surface area contributed by atoms with Gasteiger partial charge in [0.1, 0.15) is 0 Å². The minimum atomic E-state index is -0.367. The number of Topliss-reactive ketones (excluding diaryl/α,β-unsaturated/α-hetero) is 1. The Morgan fingerprint density at radius 2 is 2.00 bits per heavy atom. The molecule has 0 radical (unpaired) electrons. The predicted octanol–water partition coefficient (Wildman–Crippen LogP) is 1.70. The lowest BCUT2D eigenvalue weighted by Crippen LogP contribution is -2.03. The monoisotopic (exact) mass is 196 g/mol. The highest BCUT2D eigenvalue weighted by Crippen LogP contribution is 1.94. The number of ketones is 1. The molecule has 0 heterocycles. The minimum Gasteiger partial charge on any atom is -0.469 e. The van der Waals surface area contributed by atoms with E-state index in [4.69, 9.17) is 0 Å². The topological polar surface area (TPSA) is 43.4 Å². The SMILES string of the molecule is CCCCC#CC(=O)CCC(=O)OC. The number of carbonyl (C=O) groups is 2. The number of rotatable bonds is 5. The number of carbonyl (C=O) groups excluding carboxylic acids is 2. The first-order chi connectivity index (χ1) is 6.70. The average Bonchev–Trinajstić information content (AvgIpc) is 2.21. The molecule has 3 nitrogen and oxygen atoms in total. The Labute approximate surface area is 84.8 Å². The number of ether oxygens (including phenoxy) is 1. The van der Waals surface area contributed by atoms with Crippen molar-refractivity contribution in [3.8, 4) is 11.8 Å². The van der Waals surface area contributed by atoms with Crippen LogP contribution >= 0.6 is 0 Å². The van der Waals surface area contributed by atoms with Crippen molar-refractivity contribution in [2.24, 2.45) is 0 Å². The van der Waals surface area contributed by atoms with Crippen LogP contribution in [0.3, 0.4) is 0 Å². The van der Waals surface area contributed by atoms with Crippen LogP contribution in [-0.4, -0.2) is 18.9 Å². The van der Waals surface area contributed by atoms with Gasteiger partial charge in [0.25, 0.3) is 0 Å². The molecule has 0 unspecified atom stereocenters. The summed E-state index contributed by atoms with van der Waals surface area (Å²) in [5.74, 6) is 4.72. The highest BCUT2D eigenvalue weighted by Gasteiger charge is 2.03. The van der Waals surface area contributed by atoms with E-state index >= 15 is 0 Å². The standard InChI is InChI=1S/C11H16O3/c1-3-4-5-6-7-10(12)8-9-11(13)14-2/h3-5,8-9H2,1-2H3. The van der Waals surface area contributed by atoms with Crippen molar-refractivity contribution in [3.05, 3.63) is 0 Å². The van der Waals surface area contributed by atoms with E-state index in [2.05, 4.69) is 23.5 Å². The van der Waals surface area contributed by atoms with Crippen molar-refractivity contribution in [2.45, 2.75) is 39.0 Å². The fraction of sp³-hybridized carbons (Fsp3) is 0.636. The first-order valence-electron chi connectivity index (χ1n) is 4.79. The maximum atomic E-state index is 11.0. The van der Waals surface area contributed by atoms with Crippen LogP contribution in [0.15, 0.2) is 0 Å². The molecule has 0 rings (SSSR count). The van der Waals surface area contributed by atoms with Gasteiger partial charge >= 0.3 is 5.97 Å². The predicted molar refractivity (Wildman–Crippen MR) is 53.6 cm³/mol. The van der Waals surface area contributed by atoms with Gasteiger partial charge in [-0.1, -0.05) is 19.3 Å². The Bertz CT molecular complexity index is 245. The molecule has 0 amide bonds. The van der Waals surface area contributed by atoms with Gasteiger partial charge in [-0.15, -0.1) is 0 Å². The maximum absolute atomic E-state index is 11.0. The normalized spacial score (nSPS) is 8.71. The molecule has 0 fully saturated rings. The number of hydrogen-bond donors (Lipinski definition) is 0. The van der Waals surface area contributed by atoms with Crippen LogP contribution in [0.5, 0.6) is 0 Å². The average molecular weight is 196 g/mol. The van der Waals surface area contributed by atoms with E-state index in [0.717, 1.165) is 19.3 Å². The van der Waals surface area contributed by atoms with Crippen molar-refractivity contribution in [3.63, 3.8) is 0 Å². The second kappa shape index (κ2) is 8.31. The third kappa shape index (κ3) is 7.35. The highest BCUT2D eigenvalue weighted by molar-refractivity contribution is 5.96. The largest absolute Gasteiger partial charge is 0.469 e. The molecular formula is C11H16O3. The molecular weight excluding hydrogens is 180 g/mol. The Kier molecular flexibility index (Phi) is 7.53. The molecule has 0 aliphatic heterocycles. The van der Waals surface area contributed by atoms with Crippen molar-refractivity contribution in [1.29, 1.82) is 0 Å². The van der Waals surface area contributed by atoms with Crippen LogP contribution in [0, 0.1) is 11.8 Å². The summed E-state index contributed by atoms with van der Waals surface area (Å²) in [5.41, 5.74) is 0. The Morgan fingerprint density at radius 1 is 1.29 bits per heavy atom. The summed E-state index contributed by atoms with van der Waals surface area (Å²) in [7, 11) is 1.31. The van der Waals surface area contributed by atoms with Crippen LogP contribution in [0.1, 0.15) is 39.0 Å². The smallest absolute Gasteiger partial charge is 0.305 e. The molecule has 0 aromatic rings. The number of hydrogen-bond acceptors (Lipinski definition) is 3. The molecule has 3 heteroatoms. The van der Waals surface area contributed by atoms with Gasteiger partial charge in [0.15, 0.2) is 0 Å². The maximum Gasteiger partial charge on any atom is 0.305 e. The van der Waals surface area contributed by atoms with E-state index in [0.29, 0.717) is 0 Å². The van der Waals surface area contributed by atoms with Crippen molar-refractivity contribution in [2.75, 3.05) is 7.11 Å². The second-order valence-electron chi connectivity index (χ2n) is 2.90. The van der Waals surface area contributed by atoms with Crippen molar-refractivity contribution < 1.29 is 14.3 Å². The summed E-state index contributed by atoms with van der Waals surface area (Å²) < 4.78 is 4.40. The molecule has 0 saturated heterocycles. The minimum absolute atomic E-state index is 0.123. The number of methoxy groups -OCH3 is 1. The summed E-state index contributed by atoms with van der Waals surface area (Å²) in [4.78, 5) is 21.7. The second-order valence-corrected chi connectivity index (χ2v) is 2.90. The third-order valence-electron chi connectivity index (χ3n) is 1.67. The Morgan fingerprint density at radius 3 is 2.57 bits per heavy atom. The van der Waals surface area contributed by atoms with Crippen LogP contribution in [0.25, 0.3) is 0 Å². The Balaban J connectivity index is 3.62. The molecule has 14 heavy (non-hydrogen) atoms. The van der Waals surface area contributed by atoms with E-state index < -0.39 is 0 Å². The van der Waals surface area contributed by atoms with Gasteiger partial charge in [-0.3, -0.25) is 9.59 Å². The van der Waals surface area contributed by atoms with Crippen LogP contribution in [0.4, 0.5) is 0 Å². The highest BCUT2D eigenvalue weighted by atomic mass is 16.5. The molecule has 0 spiro atoms. The zero-order chi connectivity index (χ0) is 10.8. The van der Waals surface area contributed by atoms with Gasteiger partial charge in [0, 0.05) is 12.8 Å². The van der Waals surface area contributed by atoms with Gasteiger partial charge in [0.05, 0.1) is 13.5 Å². The molecule has 0 aromatic carbocycles. The van der Waals surface area contributed by atoms with Crippen LogP contribution < -0.4 is 0 Å². The van der Waals surface area contributed by atoms with E-state index in [1.807, 2.05) is 0 Å². The first kappa shape index (κ1) is 12.7. The van der Waals surface area contributed by atoms with E-state index in [9.17, 15) is 9.59 Å². The quantitative estimate of drug-likeness (QED) is 0.291. The fourth-order valence-corrected chi connectivity index (χ4v) is 0.806. The molecule has 0 aliphatic carbocycles. The summed E-state index contributed by atoms with van der Waals surface area (Å²) in [6.07, 6.45) is 3.12. The third-order valence-corrected chi connectivity index (χ3v) is 1.67. The summed E-state index contributed by atoms with van der Waals surface area (Å²) in [5, 5.41) is 0. The molecule has 0 saturated carbocycles. The van der Waals surface area contributed by atoms with E-state index in [-0.39, 0.29) is 24.6 Å². The molecule has 0 aromatic heterocycles. The van der Waals surface area contributed by atoms with Crippen molar-refractivity contribution in [1.82, 2.24) is 0 Å². The zero-order valence-corrected chi connectivity index (χ0v) is 8.76. The van der Waals surface area contributed by atoms with Gasteiger partial charge < -0.3 is 4.74 Å². The molecule has 78 valence electrons. The van der Waals surface area contributed by atoms with E-state index in [1.165, 1.54) is 7.11 Å². The lowest BCUT2D eigenvalue weighted by atomic mass is 10.2. The van der Waals surface area contributed by atoms with Gasteiger partial charge in [0.2, 0.25) is 5.78 Å². The zero-order valence-electron chi connectivity index (χ0n) is 8.76. The van der Waals surface area contributed by atoms with Crippen LogP contribution in [-0.2, 0) is 14.3 Å². The van der Waals surface area contributed by atoms with E-state index in [1.54, 1.807) is 0 Å². The fourth-order valence-electron chi connectivity index (χ4n) is 0.806. The van der Waals surface area contributed by atoms with Gasteiger partial charge in [-0.2, -0.15) is 0 Å². The van der Waals surface area contributed by atoms with Crippen molar-refractivity contribution >= 4 is 11.8 Å². The van der Waals surface area contributed by atoms with Gasteiger partial charge in [-0.25, -0.2) is 0 Å². The first-order valence-corrected chi connectivity index (χ1v) is 4.79. The summed E-state index contributed by atoms with van der Waals surface area (Å²) in [6, 6.07) is 0. The summed E-state index contributed by atoms with van der Waals surface area (Å²) in [6.45, 7) is 2.07. The summed E-state index contributed by atoms with van der Waals surface area (Å²) >= 11 is 0. The van der Waals surface area contributed by atoms with Gasteiger partial charge in [-0.05, 0) is 12.3 Å². The lowest BCUT2D eigenvalue weighted by molar-refractivity contribution is -0.141. The Hall–Kier alpha value is -1.30. The number of unbranched alkanes of at least 4 members (excludes halogenated alkanes) is 2.